The molecule has 3 fully saturated rings. The molecule has 3 aliphatic rings. The molecule has 3 N–H and O–H groups in total. The van der Waals surface area contributed by atoms with Crippen LogP contribution in [-0.2, 0) is 4.79 Å². The topological polar surface area (TPSA) is 65.5 Å². The Hall–Kier alpha value is -0.530. The summed E-state index contributed by atoms with van der Waals surface area (Å²) in [6.45, 7) is 4.26. The molecule has 0 aromatic carbocycles. The van der Waals surface area contributed by atoms with E-state index in [1.807, 2.05) is 0 Å². The first kappa shape index (κ1) is 19.8. The van der Waals surface area contributed by atoms with Crippen molar-refractivity contribution < 1.29 is 4.79 Å². The van der Waals surface area contributed by atoms with Gasteiger partial charge in [-0.1, -0.05) is 32.1 Å². The van der Waals surface area contributed by atoms with E-state index in [-0.39, 0.29) is 35.8 Å². The van der Waals surface area contributed by atoms with Gasteiger partial charge in [-0.15, -0.1) is 24.0 Å². The van der Waals surface area contributed by atoms with Crippen molar-refractivity contribution >= 4 is 35.8 Å². The molecule has 0 saturated heterocycles. The monoisotopic (exact) mass is 448 g/mol. The van der Waals surface area contributed by atoms with Crippen LogP contribution < -0.4 is 16.0 Å². The molecule has 0 aliphatic heterocycles. The summed E-state index contributed by atoms with van der Waals surface area (Å²) in [6.07, 6.45) is 10.5. The van der Waals surface area contributed by atoms with Gasteiger partial charge in [0.15, 0.2) is 5.96 Å². The van der Waals surface area contributed by atoms with Crippen LogP contribution in [0, 0.1) is 17.8 Å². The fraction of sp³-hybridized carbons (Fsp3) is 0.889. The Kier molecular flexibility index (Phi) is 8.10. The quantitative estimate of drug-likeness (QED) is 0.243. The lowest BCUT2D eigenvalue weighted by atomic mass is 9.85. The molecule has 0 radical (unpaired) electrons. The third-order valence-corrected chi connectivity index (χ3v) is 5.39. The highest BCUT2D eigenvalue weighted by atomic mass is 127. The van der Waals surface area contributed by atoms with E-state index >= 15 is 0 Å². The lowest BCUT2D eigenvalue weighted by molar-refractivity contribution is -0.122. The number of aliphatic imine (C=N–C) groups is 1. The van der Waals surface area contributed by atoms with Crippen LogP contribution in [0.5, 0.6) is 0 Å². The van der Waals surface area contributed by atoms with Crippen molar-refractivity contribution in [1.82, 2.24) is 16.0 Å². The van der Waals surface area contributed by atoms with Gasteiger partial charge in [0.1, 0.15) is 0 Å². The molecule has 0 heterocycles. The van der Waals surface area contributed by atoms with E-state index in [0.717, 1.165) is 37.2 Å². The number of guanidine groups is 1. The van der Waals surface area contributed by atoms with Gasteiger partial charge in [-0.2, -0.15) is 0 Å². The zero-order chi connectivity index (χ0) is 16.1. The number of nitrogens with one attached hydrogen (secondary N) is 3. The predicted molar refractivity (Wildman–Crippen MR) is 109 cm³/mol. The second-order valence-electron chi connectivity index (χ2n) is 7.37. The molecule has 24 heavy (non-hydrogen) atoms. The Balaban J connectivity index is 0.00000208. The van der Waals surface area contributed by atoms with Crippen LogP contribution >= 0.6 is 24.0 Å². The molecule has 3 rings (SSSR count). The third kappa shape index (κ3) is 6.08. The van der Waals surface area contributed by atoms with Crippen molar-refractivity contribution in [2.24, 2.45) is 22.7 Å². The predicted octanol–water partition coefficient (Wildman–Crippen LogP) is 2.65. The number of amides is 1. The van der Waals surface area contributed by atoms with E-state index in [2.05, 4.69) is 27.9 Å². The smallest absolute Gasteiger partial charge is 0.223 e. The van der Waals surface area contributed by atoms with E-state index in [0.29, 0.717) is 19.1 Å². The molecule has 3 saturated carbocycles. The number of nitrogens with zero attached hydrogens (tertiary/aromatic N) is 1. The molecule has 1 amide bonds. The maximum absolute atomic E-state index is 11.6. The summed E-state index contributed by atoms with van der Waals surface area (Å²) in [7, 11) is 0. The van der Waals surface area contributed by atoms with Crippen LogP contribution in [0.25, 0.3) is 0 Å². The van der Waals surface area contributed by atoms with Crippen LogP contribution in [0.1, 0.15) is 58.3 Å². The maximum atomic E-state index is 11.6. The van der Waals surface area contributed by atoms with Gasteiger partial charge in [0.05, 0.1) is 6.54 Å². The fourth-order valence-corrected chi connectivity index (χ4v) is 3.80. The minimum atomic E-state index is 0. The Morgan fingerprint density at radius 2 is 1.83 bits per heavy atom. The highest BCUT2D eigenvalue weighted by molar-refractivity contribution is 14.0. The van der Waals surface area contributed by atoms with Gasteiger partial charge in [0.2, 0.25) is 5.91 Å². The fourth-order valence-electron chi connectivity index (χ4n) is 3.80. The largest absolute Gasteiger partial charge is 0.357 e. The molecule has 6 heteroatoms. The Labute approximate surface area is 163 Å². The summed E-state index contributed by atoms with van der Waals surface area (Å²) in [5.74, 6) is 3.19. The molecule has 0 aromatic rings. The van der Waals surface area contributed by atoms with Crippen LogP contribution in [-0.4, -0.2) is 37.5 Å². The Morgan fingerprint density at radius 1 is 1.08 bits per heavy atom. The highest BCUT2D eigenvalue weighted by Crippen LogP contribution is 2.44. The van der Waals surface area contributed by atoms with Gasteiger partial charge in [0, 0.05) is 25.0 Å². The molecule has 3 aliphatic carbocycles. The average molecular weight is 448 g/mol. The normalized spacial score (nSPS) is 27.1. The second kappa shape index (κ2) is 9.82. The number of hydrogen-bond donors (Lipinski definition) is 3. The molecule has 5 nitrogen and oxygen atoms in total. The van der Waals surface area contributed by atoms with E-state index < -0.39 is 0 Å². The Morgan fingerprint density at radius 3 is 2.50 bits per heavy atom. The summed E-state index contributed by atoms with van der Waals surface area (Å²) in [4.78, 5) is 16.2. The summed E-state index contributed by atoms with van der Waals surface area (Å²) in [5, 5.41) is 9.89. The lowest BCUT2D eigenvalue weighted by Crippen LogP contribution is -2.40. The molecule has 138 valence electrons. The summed E-state index contributed by atoms with van der Waals surface area (Å²) in [5.41, 5.74) is 0. The third-order valence-electron chi connectivity index (χ3n) is 5.39. The number of rotatable bonds is 7. The molecule has 2 atom stereocenters. The van der Waals surface area contributed by atoms with Crippen molar-refractivity contribution in [3.63, 3.8) is 0 Å². The van der Waals surface area contributed by atoms with Crippen molar-refractivity contribution in [1.29, 1.82) is 0 Å². The van der Waals surface area contributed by atoms with E-state index in [1.165, 1.54) is 38.5 Å². The number of hydrogen-bond acceptors (Lipinski definition) is 2. The number of carbonyl (C=O) groups excluding carboxylic acids is 1. The minimum Gasteiger partial charge on any atom is -0.357 e. The van der Waals surface area contributed by atoms with Crippen molar-refractivity contribution in [2.75, 3.05) is 19.6 Å². The first-order valence-corrected chi connectivity index (χ1v) is 9.60. The minimum absolute atomic E-state index is 0. The zero-order valence-electron chi connectivity index (χ0n) is 14.9. The summed E-state index contributed by atoms with van der Waals surface area (Å²) in [6, 6.07) is 0.608. The van der Waals surface area contributed by atoms with Gasteiger partial charge in [0.25, 0.3) is 0 Å². The van der Waals surface area contributed by atoms with E-state index in [9.17, 15) is 4.79 Å². The van der Waals surface area contributed by atoms with Crippen LogP contribution in [0.3, 0.4) is 0 Å². The van der Waals surface area contributed by atoms with Gasteiger partial charge < -0.3 is 16.0 Å². The highest BCUT2D eigenvalue weighted by Gasteiger charge is 2.43. The average Bonchev–Trinajstić information content (AvgIpc) is 3.46. The van der Waals surface area contributed by atoms with Crippen molar-refractivity contribution in [3.05, 3.63) is 0 Å². The van der Waals surface area contributed by atoms with Crippen LogP contribution in [0.2, 0.25) is 0 Å². The van der Waals surface area contributed by atoms with Gasteiger partial charge >= 0.3 is 0 Å². The molecular weight excluding hydrogens is 415 g/mol. The second-order valence-corrected chi connectivity index (χ2v) is 7.37. The van der Waals surface area contributed by atoms with E-state index in [4.69, 9.17) is 0 Å². The SMILES string of the molecule is CCNC(=NCCNC(=O)C1CC1)NC1CC1C1CCCCC1.I. The lowest BCUT2D eigenvalue weighted by Gasteiger charge is -2.22. The Bertz CT molecular complexity index is 433. The van der Waals surface area contributed by atoms with Crippen LogP contribution in [0.15, 0.2) is 4.99 Å². The molecule has 2 unspecified atom stereocenters. The van der Waals surface area contributed by atoms with Crippen LogP contribution in [0.4, 0.5) is 0 Å². The van der Waals surface area contributed by atoms with E-state index in [1.54, 1.807) is 0 Å². The first-order chi connectivity index (χ1) is 11.3. The molecular formula is C18H33IN4O. The number of halogens is 1. The first-order valence-electron chi connectivity index (χ1n) is 9.60. The van der Waals surface area contributed by atoms with Crippen molar-refractivity contribution in [2.45, 2.75) is 64.3 Å². The zero-order valence-corrected chi connectivity index (χ0v) is 17.2. The summed E-state index contributed by atoms with van der Waals surface area (Å²) >= 11 is 0. The van der Waals surface area contributed by atoms with Crippen molar-refractivity contribution in [3.8, 4) is 0 Å². The molecule has 0 bridgehead atoms. The summed E-state index contributed by atoms with van der Waals surface area (Å²) < 4.78 is 0. The van der Waals surface area contributed by atoms with Gasteiger partial charge in [-0.3, -0.25) is 9.79 Å². The molecule has 0 aromatic heterocycles. The maximum Gasteiger partial charge on any atom is 0.223 e. The number of carbonyl (C=O) groups is 1. The van der Waals surface area contributed by atoms with Gasteiger partial charge in [-0.05, 0) is 38.0 Å². The standard InChI is InChI=1S/C18H32N4O.HI/c1-2-19-18(21-11-10-20-17(23)14-8-9-14)22-16-12-15(16)13-6-4-3-5-7-13;/h13-16H,2-12H2,1H3,(H,20,23)(H2,19,21,22);1H. The van der Waals surface area contributed by atoms with Gasteiger partial charge in [-0.25, -0.2) is 0 Å². The molecule has 0 spiro atoms.